The van der Waals surface area contributed by atoms with Crippen LogP contribution in [-0.4, -0.2) is 42.2 Å². The van der Waals surface area contributed by atoms with Crippen LogP contribution >= 0.6 is 11.6 Å². The van der Waals surface area contributed by atoms with Crippen molar-refractivity contribution in [3.8, 4) is 5.75 Å². The summed E-state index contributed by atoms with van der Waals surface area (Å²) in [5.74, 6) is -2.55. The first-order chi connectivity index (χ1) is 14.2. The van der Waals surface area contributed by atoms with Crippen LogP contribution in [0.3, 0.4) is 0 Å². The second kappa shape index (κ2) is 8.83. The third-order valence-corrected chi connectivity index (χ3v) is 4.56. The lowest BCUT2D eigenvalue weighted by molar-refractivity contribution is 0.0974. The van der Waals surface area contributed by atoms with Crippen LogP contribution in [-0.2, 0) is 0 Å². The highest BCUT2D eigenvalue weighted by Gasteiger charge is 2.31. The zero-order chi connectivity index (χ0) is 22.0. The second-order valence-electron chi connectivity index (χ2n) is 6.98. The first-order valence-electron chi connectivity index (χ1n) is 9.11. The van der Waals surface area contributed by atoms with E-state index in [2.05, 4.69) is 10.6 Å². The molecule has 30 heavy (non-hydrogen) atoms. The number of carbonyl (C=O) groups excluding carboxylic acids is 2. The van der Waals surface area contributed by atoms with Gasteiger partial charge in [0.2, 0.25) is 0 Å². The fourth-order valence-electron chi connectivity index (χ4n) is 2.76. The topological polar surface area (TPSA) is 70.7 Å². The van der Waals surface area contributed by atoms with Gasteiger partial charge in [-0.3, -0.25) is 4.79 Å². The lowest BCUT2D eigenvalue weighted by atomic mass is 10.1. The summed E-state index contributed by atoms with van der Waals surface area (Å²) in [5, 5.41) is 4.61. The molecule has 3 rings (SSSR count). The van der Waals surface area contributed by atoms with Crippen molar-refractivity contribution in [2.45, 2.75) is 26.1 Å². The molecule has 2 N–H and O–H groups in total. The number of anilines is 2. The van der Waals surface area contributed by atoms with Gasteiger partial charge in [-0.15, -0.1) is 0 Å². The van der Waals surface area contributed by atoms with Gasteiger partial charge in [0, 0.05) is 6.07 Å². The molecular weight excluding hydrogens is 423 g/mol. The predicted octanol–water partition coefficient (Wildman–Crippen LogP) is 4.84. The van der Waals surface area contributed by atoms with Crippen molar-refractivity contribution in [2.24, 2.45) is 0 Å². The summed E-state index contributed by atoms with van der Waals surface area (Å²) in [7, 11) is 0. The number of hydrogen-bond acceptors (Lipinski definition) is 3. The number of alkyl halides is 1. The predicted molar refractivity (Wildman–Crippen MR) is 107 cm³/mol. The average molecular weight is 442 g/mol. The van der Waals surface area contributed by atoms with Gasteiger partial charge in [0.05, 0.1) is 41.2 Å². The van der Waals surface area contributed by atoms with Crippen molar-refractivity contribution in [3.05, 3.63) is 52.6 Å². The number of nitrogens with zero attached hydrogens (tertiary/aromatic N) is 1. The van der Waals surface area contributed by atoms with Gasteiger partial charge in [0.1, 0.15) is 23.6 Å². The summed E-state index contributed by atoms with van der Waals surface area (Å²) in [5.41, 5.74) is -0.708. The van der Waals surface area contributed by atoms with Gasteiger partial charge in [-0.05, 0) is 32.0 Å². The SMILES string of the molecule is CC(C)Oc1cc(NC(=O)N2CC(F)C2)c(F)cc1C(=O)Nc1c(F)cccc1Cl. The van der Waals surface area contributed by atoms with E-state index in [-0.39, 0.29) is 46.9 Å². The van der Waals surface area contributed by atoms with Gasteiger partial charge in [-0.2, -0.15) is 0 Å². The number of hydrogen-bond donors (Lipinski definition) is 2. The number of halogens is 4. The number of para-hydroxylation sites is 1. The lowest BCUT2D eigenvalue weighted by Gasteiger charge is -2.34. The summed E-state index contributed by atoms with van der Waals surface area (Å²) < 4.78 is 47.1. The van der Waals surface area contributed by atoms with Crippen molar-refractivity contribution < 1.29 is 27.5 Å². The average Bonchev–Trinajstić information content (AvgIpc) is 2.64. The number of urea groups is 1. The maximum Gasteiger partial charge on any atom is 0.322 e. The molecule has 1 saturated heterocycles. The molecule has 1 heterocycles. The highest BCUT2D eigenvalue weighted by atomic mass is 35.5. The minimum absolute atomic E-state index is 0.0280. The van der Waals surface area contributed by atoms with Crippen LogP contribution in [0, 0.1) is 11.6 Å². The quantitative estimate of drug-likeness (QED) is 0.697. The molecular formula is C20H19ClF3N3O3. The highest BCUT2D eigenvalue weighted by molar-refractivity contribution is 6.34. The molecule has 1 fully saturated rings. The van der Waals surface area contributed by atoms with Crippen LogP contribution in [0.5, 0.6) is 5.75 Å². The molecule has 0 aromatic heterocycles. The lowest BCUT2D eigenvalue weighted by Crippen LogP contribution is -2.53. The number of rotatable bonds is 5. The number of amides is 3. The third-order valence-electron chi connectivity index (χ3n) is 4.24. The molecule has 0 atom stereocenters. The fraction of sp³-hybridized carbons (Fsp3) is 0.300. The molecule has 10 heteroatoms. The van der Waals surface area contributed by atoms with E-state index in [4.69, 9.17) is 16.3 Å². The van der Waals surface area contributed by atoms with Crippen molar-refractivity contribution in [3.63, 3.8) is 0 Å². The van der Waals surface area contributed by atoms with E-state index >= 15 is 0 Å². The molecule has 0 unspecified atom stereocenters. The molecule has 0 aliphatic carbocycles. The molecule has 0 saturated carbocycles. The summed E-state index contributed by atoms with van der Waals surface area (Å²) >= 11 is 5.92. The van der Waals surface area contributed by atoms with E-state index < -0.39 is 29.7 Å². The van der Waals surface area contributed by atoms with Crippen molar-refractivity contribution in [1.82, 2.24) is 4.90 Å². The maximum atomic E-state index is 14.6. The molecule has 2 aromatic rings. The Hall–Kier alpha value is -2.94. The molecule has 1 aliphatic rings. The normalized spacial score (nSPS) is 13.8. The Labute approximate surface area is 175 Å². The smallest absolute Gasteiger partial charge is 0.322 e. The van der Waals surface area contributed by atoms with Crippen LogP contribution in [0.15, 0.2) is 30.3 Å². The minimum atomic E-state index is -1.10. The molecule has 3 amide bonds. The largest absolute Gasteiger partial charge is 0.490 e. The van der Waals surface area contributed by atoms with Crippen LogP contribution in [0.1, 0.15) is 24.2 Å². The van der Waals surface area contributed by atoms with Crippen LogP contribution in [0.4, 0.5) is 29.3 Å². The molecule has 0 radical (unpaired) electrons. The first-order valence-corrected chi connectivity index (χ1v) is 9.49. The minimum Gasteiger partial charge on any atom is -0.490 e. The molecule has 2 aromatic carbocycles. The number of likely N-dealkylation sites (tertiary alicyclic amines) is 1. The number of carbonyl (C=O) groups is 2. The zero-order valence-corrected chi connectivity index (χ0v) is 16.9. The molecule has 160 valence electrons. The van der Waals surface area contributed by atoms with Gasteiger partial charge in [0.25, 0.3) is 5.91 Å². The van der Waals surface area contributed by atoms with Crippen molar-refractivity contribution >= 4 is 34.9 Å². The maximum absolute atomic E-state index is 14.6. The Balaban J connectivity index is 1.88. The number of ether oxygens (including phenoxy) is 1. The van der Waals surface area contributed by atoms with Gasteiger partial charge < -0.3 is 20.3 Å². The van der Waals surface area contributed by atoms with Crippen molar-refractivity contribution in [1.29, 1.82) is 0 Å². The Morgan fingerprint density at radius 3 is 2.47 bits per heavy atom. The molecule has 6 nitrogen and oxygen atoms in total. The van der Waals surface area contributed by atoms with E-state index in [1.54, 1.807) is 13.8 Å². The van der Waals surface area contributed by atoms with Crippen LogP contribution in [0.2, 0.25) is 5.02 Å². The molecule has 1 aliphatic heterocycles. The van der Waals surface area contributed by atoms with E-state index in [0.717, 1.165) is 18.2 Å². The van der Waals surface area contributed by atoms with Gasteiger partial charge in [-0.1, -0.05) is 17.7 Å². The Kier molecular flexibility index (Phi) is 6.40. The van der Waals surface area contributed by atoms with Gasteiger partial charge in [0.15, 0.2) is 0 Å². The van der Waals surface area contributed by atoms with E-state index in [1.807, 2.05) is 0 Å². The second-order valence-corrected chi connectivity index (χ2v) is 7.39. The van der Waals surface area contributed by atoms with Crippen LogP contribution in [0.25, 0.3) is 0 Å². The number of nitrogens with one attached hydrogen (secondary N) is 2. The zero-order valence-electron chi connectivity index (χ0n) is 16.1. The Bertz CT molecular complexity index is 961. The monoisotopic (exact) mass is 441 g/mol. The summed E-state index contributed by atoms with van der Waals surface area (Å²) in [4.78, 5) is 25.9. The molecule has 0 spiro atoms. The van der Waals surface area contributed by atoms with Gasteiger partial charge in [-0.25, -0.2) is 18.0 Å². The van der Waals surface area contributed by atoms with Gasteiger partial charge >= 0.3 is 6.03 Å². The Morgan fingerprint density at radius 2 is 1.87 bits per heavy atom. The third kappa shape index (κ3) is 4.79. The summed E-state index contributed by atoms with van der Waals surface area (Å²) in [6.45, 7) is 3.23. The summed E-state index contributed by atoms with van der Waals surface area (Å²) in [6.07, 6.45) is -1.48. The molecule has 0 bridgehead atoms. The summed E-state index contributed by atoms with van der Waals surface area (Å²) in [6, 6.07) is 5.23. The number of benzene rings is 2. The first kappa shape index (κ1) is 21.8. The Morgan fingerprint density at radius 1 is 1.17 bits per heavy atom. The van der Waals surface area contributed by atoms with E-state index in [9.17, 15) is 22.8 Å². The standard InChI is InChI=1S/C20H19ClF3N3O3/c1-10(2)30-17-7-16(25-20(29)27-8-11(22)9-27)15(24)6-12(17)19(28)26-18-13(21)4-3-5-14(18)23/h3-7,10-11H,8-9H2,1-2H3,(H,25,29)(H,26,28). The fourth-order valence-corrected chi connectivity index (χ4v) is 2.97. The van der Waals surface area contributed by atoms with Crippen LogP contribution < -0.4 is 15.4 Å². The van der Waals surface area contributed by atoms with E-state index in [0.29, 0.717) is 0 Å². The van der Waals surface area contributed by atoms with E-state index in [1.165, 1.54) is 17.0 Å². The highest BCUT2D eigenvalue weighted by Crippen LogP contribution is 2.31. The van der Waals surface area contributed by atoms with Crippen molar-refractivity contribution in [2.75, 3.05) is 23.7 Å².